The first-order valence-electron chi connectivity index (χ1n) is 6.77. The fourth-order valence-corrected chi connectivity index (χ4v) is 2.65. The minimum Gasteiger partial charge on any atom is -0.478 e. The Balaban J connectivity index is 2.45. The highest BCUT2D eigenvalue weighted by Gasteiger charge is 2.32. The van der Waals surface area contributed by atoms with Crippen molar-refractivity contribution in [2.75, 3.05) is 13.2 Å². The Hall–Kier alpha value is -2.50. The molecule has 0 unspecified atom stereocenters. The lowest BCUT2D eigenvalue weighted by atomic mass is 10.1. The Bertz CT molecular complexity index is 798. The van der Waals surface area contributed by atoms with Crippen LogP contribution in [0.15, 0.2) is 40.9 Å². The number of thiocarbonyl (C=S) groups is 1. The Kier molecular flexibility index (Phi) is 5.84. The molecule has 6 nitrogen and oxygen atoms in total. The third-order valence-corrected chi connectivity index (χ3v) is 3.88. The summed E-state index contributed by atoms with van der Waals surface area (Å²) in [6.07, 6.45) is 2.92. The zero-order chi connectivity index (χ0) is 17.7. The van der Waals surface area contributed by atoms with E-state index in [-0.39, 0.29) is 23.8 Å². The van der Waals surface area contributed by atoms with Crippen LogP contribution in [0.5, 0.6) is 5.75 Å². The molecule has 0 saturated carbocycles. The van der Waals surface area contributed by atoms with Gasteiger partial charge in [0.05, 0.1) is 0 Å². The van der Waals surface area contributed by atoms with Gasteiger partial charge in [0.2, 0.25) is 0 Å². The molecule has 0 bridgehead atoms. The molecule has 1 N–H and O–H groups in total. The van der Waals surface area contributed by atoms with Crippen LogP contribution in [0.4, 0.5) is 0 Å². The molecule has 1 heterocycles. The van der Waals surface area contributed by atoms with E-state index in [1.807, 2.05) is 6.07 Å². The van der Waals surface area contributed by atoms with Gasteiger partial charge in [0.25, 0.3) is 11.8 Å². The summed E-state index contributed by atoms with van der Waals surface area (Å²) in [7, 11) is 0. The normalized spacial score (nSPS) is 15.9. The van der Waals surface area contributed by atoms with Crippen molar-refractivity contribution in [2.24, 2.45) is 0 Å². The number of rotatable bonds is 5. The van der Waals surface area contributed by atoms with Crippen LogP contribution >= 0.6 is 28.1 Å². The third-order valence-electron chi connectivity index (χ3n) is 3.06. The summed E-state index contributed by atoms with van der Waals surface area (Å²) in [5, 5.41) is 11.2. The van der Waals surface area contributed by atoms with E-state index in [4.69, 9.17) is 22.2 Å². The van der Waals surface area contributed by atoms with Crippen LogP contribution in [-0.2, 0) is 9.59 Å². The maximum atomic E-state index is 12.5. The van der Waals surface area contributed by atoms with Crippen LogP contribution < -0.4 is 10.1 Å². The maximum absolute atomic E-state index is 12.5. The number of hydrogen-bond acceptors (Lipinski definition) is 5. The van der Waals surface area contributed by atoms with Crippen molar-refractivity contribution in [3.63, 3.8) is 0 Å². The van der Waals surface area contributed by atoms with E-state index in [2.05, 4.69) is 27.8 Å². The monoisotopic (exact) mass is 405 g/mol. The Labute approximate surface area is 152 Å². The van der Waals surface area contributed by atoms with Crippen molar-refractivity contribution in [1.29, 1.82) is 5.26 Å². The van der Waals surface area contributed by atoms with Gasteiger partial charge in [-0.1, -0.05) is 22.0 Å². The van der Waals surface area contributed by atoms with Crippen LogP contribution in [-0.4, -0.2) is 35.0 Å². The molecule has 2 rings (SSSR count). The van der Waals surface area contributed by atoms with E-state index < -0.39 is 11.8 Å². The average molecular weight is 406 g/mol. The summed E-state index contributed by atoms with van der Waals surface area (Å²) < 4.78 is 6.06. The zero-order valence-electron chi connectivity index (χ0n) is 12.4. The van der Waals surface area contributed by atoms with E-state index in [1.54, 1.807) is 18.2 Å². The Morgan fingerprint density at radius 1 is 1.46 bits per heavy atom. The van der Waals surface area contributed by atoms with Gasteiger partial charge in [0, 0.05) is 16.6 Å². The van der Waals surface area contributed by atoms with Crippen molar-refractivity contribution >= 4 is 51.2 Å². The molecule has 8 heteroatoms. The van der Waals surface area contributed by atoms with Crippen LogP contribution in [0, 0.1) is 11.3 Å². The topological polar surface area (TPSA) is 82.4 Å². The molecule has 24 heavy (non-hydrogen) atoms. The van der Waals surface area contributed by atoms with Crippen molar-refractivity contribution in [3.05, 3.63) is 46.5 Å². The predicted octanol–water partition coefficient (Wildman–Crippen LogP) is 2.16. The number of benzene rings is 1. The maximum Gasteiger partial charge on any atom is 0.265 e. The molecule has 1 aromatic carbocycles. The highest BCUT2D eigenvalue weighted by molar-refractivity contribution is 9.10. The second kappa shape index (κ2) is 7.86. The van der Waals surface area contributed by atoms with Gasteiger partial charge in [-0.2, -0.15) is 5.26 Å². The molecule has 0 aliphatic carbocycles. The molecule has 1 saturated heterocycles. The van der Waals surface area contributed by atoms with E-state index >= 15 is 0 Å². The molecule has 0 aromatic heterocycles. The van der Waals surface area contributed by atoms with Gasteiger partial charge < -0.3 is 4.74 Å². The van der Waals surface area contributed by atoms with Gasteiger partial charge in [0.15, 0.2) is 11.7 Å². The molecule has 122 valence electrons. The number of halogens is 1. The van der Waals surface area contributed by atoms with Crippen LogP contribution in [0.2, 0.25) is 0 Å². The summed E-state index contributed by atoms with van der Waals surface area (Å²) >= 11 is 8.32. The lowest BCUT2D eigenvalue weighted by Gasteiger charge is -2.27. The van der Waals surface area contributed by atoms with E-state index in [0.29, 0.717) is 11.3 Å². The number of amides is 2. The molecule has 0 radical (unpaired) electrons. The molecule has 0 atom stereocenters. The van der Waals surface area contributed by atoms with Crippen LogP contribution in [0.3, 0.4) is 0 Å². The predicted molar refractivity (Wildman–Crippen MR) is 95.9 cm³/mol. The van der Waals surface area contributed by atoms with Gasteiger partial charge in [-0.15, -0.1) is 6.58 Å². The van der Waals surface area contributed by atoms with Crippen LogP contribution in [0.1, 0.15) is 5.56 Å². The van der Waals surface area contributed by atoms with Crippen molar-refractivity contribution in [1.82, 2.24) is 10.2 Å². The summed E-state index contributed by atoms with van der Waals surface area (Å²) in [6, 6.07) is 6.93. The molecule has 1 aromatic rings. The number of nitriles is 1. The summed E-state index contributed by atoms with van der Waals surface area (Å²) in [5.41, 5.74) is 0.412. The van der Waals surface area contributed by atoms with E-state index in [9.17, 15) is 9.59 Å². The van der Waals surface area contributed by atoms with Gasteiger partial charge in [-0.25, -0.2) is 0 Å². The molecule has 0 spiro atoms. The number of nitrogens with one attached hydrogen (secondary N) is 1. The minimum atomic E-state index is -0.587. The minimum absolute atomic E-state index is 0.0391. The first-order chi connectivity index (χ1) is 11.5. The number of ether oxygens (including phenoxy) is 1. The molecule has 1 fully saturated rings. The second-order valence-electron chi connectivity index (χ2n) is 4.65. The summed E-state index contributed by atoms with van der Waals surface area (Å²) in [5.74, 6) is -0.720. The standard InChI is InChI=1S/C16H12BrN3O3S/c1-2-6-20-15(22)12(14(21)19-16(20)24)9-10-8-11(17)3-4-13(10)23-7-5-18/h2-4,8-9H,1,6-7H2,(H,19,21,24)/b12-9+. The fraction of sp³-hybridized carbons (Fsp3) is 0.125. The Morgan fingerprint density at radius 2 is 2.21 bits per heavy atom. The van der Waals surface area contributed by atoms with Crippen molar-refractivity contribution < 1.29 is 14.3 Å². The first-order valence-corrected chi connectivity index (χ1v) is 7.97. The number of hydrogen-bond donors (Lipinski definition) is 1. The molecular formula is C16H12BrN3O3S. The van der Waals surface area contributed by atoms with E-state index in [0.717, 1.165) is 4.47 Å². The van der Waals surface area contributed by atoms with Gasteiger partial charge in [-0.05, 0) is 36.5 Å². The third kappa shape index (κ3) is 3.88. The molecule has 2 amide bonds. The van der Waals surface area contributed by atoms with Gasteiger partial charge in [-0.3, -0.25) is 19.8 Å². The van der Waals surface area contributed by atoms with Crippen molar-refractivity contribution in [2.45, 2.75) is 0 Å². The van der Waals surface area contributed by atoms with E-state index in [1.165, 1.54) is 17.1 Å². The van der Waals surface area contributed by atoms with Crippen LogP contribution in [0.25, 0.3) is 6.08 Å². The fourth-order valence-electron chi connectivity index (χ4n) is 2.02. The lowest BCUT2D eigenvalue weighted by Crippen LogP contribution is -2.53. The largest absolute Gasteiger partial charge is 0.478 e. The average Bonchev–Trinajstić information content (AvgIpc) is 2.54. The number of carbonyl (C=O) groups is 2. The first kappa shape index (κ1) is 17.8. The summed E-state index contributed by atoms with van der Waals surface area (Å²) in [4.78, 5) is 25.9. The number of nitrogens with zero attached hydrogens (tertiary/aromatic N) is 2. The quantitative estimate of drug-likeness (QED) is 0.351. The molecular weight excluding hydrogens is 394 g/mol. The summed E-state index contributed by atoms with van der Waals surface area (Å²) in [6.45, 7) is 3.61. The number of carbonyl (C=O) groups excluding carboxylic acids is 2. The molecule has 1 aliphatic rings. The van der Waals surface area contributed by atoms with Gasteiger partial charge in [0.1, 0.15) is 17.4 Å². The highest BCUT2D eigenvalue weighted by Crippen LogP contribution is 2.26. The highest BCUT2D eigenvalue weighted by atomic mass is 79.9. The lowest BCUT2D eigenvalue weighted by molar-refractivity contribution is -0.128. The zero-order valence-corrected chi connectivity index (χ0v) is 14.8. The SMILES string of the molecule is C=CCN1C(=O)/C(=C/c2cc(Br)ccc2OCC#N)C(=O)NC1=S. The second-order valence-corrected chi connectivity index (χ2v) is 5.95. The molecule has 1 aliphatic heterocycles. The van der Waals surface area contributed by atoms with Crippen molar-refractivity contribution in [3.8, 4) is 11.8 Å². The smallest absolute Gasteiger partial charge is 0.265 e. The van der Waals surface area contributed by atoms with Gasteiger partial charge >= 0.3 is 0 Å². The Morgan fingerprint density at radius 3 is 2.88 bits per heavy atom.